The molecule has 6 bridgehead atoms. The van der Waals surface area contributed by atoms with Gasteiger partial charge in [-0.05, 0) is 83.6 Å². The third kappa shape index (κ3) is 8.96. The van der Waals surface area contributed by atoms with E-state index in [-0.39, 0.29) is 75.3 Å². The molecule has 1 aliphatic carbocycles. The van der Waals surface area contributed by atoms with E-state index in [9.17, 15) is 29.4 Å². The molecule has 0 radical (unpaired) electrons. The number of carbonyl (C=O) groups is 4. The van der Waals surface area contributed by atoms with Crippen molar-refractivity contribution in [3.05, 3.63) is 57.4 Å². The number of benzene rings is 1. The molecule has 1 unspecified atom stereocenters. The molecule has 306 valence electrons. The highest BCUT2D eigenvalue weighted by atomic mass is 16.5. The number of nitrogens with one attached hydrogen (secondary N) is 2. The number of rotatable bonds is 2. The van der Waals surface area contributed by atoms with E-state index in [1.807, 2.05) is 33.8 Å². The maximum atomic E-state index is 14.7. The molecule has 56 heavy (non-hydrogen) atoms. The van der Waals surface area contributed by atoms with Crippen LogP contribution in [0.15, 0.2) is 40.2 Å². The zero-order chi connectivity index (χ0) is 41.0. The molecule has 1 saturated heterocycles. The molecule has 3 heterocycles. The van der Waals surface area contributed by atoms with E-state index >= 15 is 0 Å². The second-order valence-corrected chi connectivity index (χ2v) is 16.6. The lowest BCUT2D eigenvalue weighted by atomic mass is 9.79. The van der Waals surface area contributed by atoms with Gasteiger partial charge >= 0.3 is 5.97 Å². The van der Waals surface area contributed by atoms with Gasteiger partial charge in [0, 0.05) is 61.1 Å². The van der Waals surface area contributed by atoms with Crippen LogP contribution in [-0.4, -0.2) is 95.8 Å². The smallest absolute Gasteiger partial charge is 0.302 e. The summed E-state index contributed by atoms with van der Waals surface area (Å²) in [6, 6.07) is 0.675. The highest BCUT2D eigenvalue weighted by Gasteiger charge is 2.41. The van der Waals surface area contributed by atoms with Crippen molar-refractivity contribution in [1.82, 2.24) is 15.5 Å². The normalized spacial score (nSPS) is 32.6. The number of aromatic hydroxyl groups is 1. The third-order valence-electron chi connectivity index (χ3n) is 12.5. The summed E-state index contributed by atoms with van der Waals surface area (Å²) in [5.74, 6) is -2.67. The van der Waals surface area contributed by atoms with Gasteiger partial charge in [-0.1, -0.05) is 45.9 Å². The second-order valence-electron chi connectivity index (χ2n) is 16.6. The Balaban J connectivity index is 1.68. The van der Waals surface area contributed by atoms with Crippen LogP contribution in [-0.2, 0) is 14.3 Å². The molecular formula is C44H62N4O8. The molecule has 0 saturated carbocycles. The van der Waals surface area contributed by atoms with Crippen molar-refractivity contribution >= 4 is 29.2 Å². The molecule has 0 aromatic heterocycles. The van der Waals surface area contributed by atoms with Gasteiger partial charge in [-0.2, -0.15) is 0 Å². The van der Waals surface area contributed by atoms with E-state index < -0.39 is 29.9 Å². The molecule has 3 aliphatic heterocycles. The summed E-state index contributed by atoms with van der Waals surface area (Å²) in [5.41, 5.74) is 1.43. The van der Waals surface area contributed by atoms with Gasteiger partial charge in [0.05, 0.1) is 35.7 Å². The number of nitrogens with zero attached hydrogens (tertiary/aromatic N) is 2. The summed E-state index contributed by atoms with van der Waals surface area (Å²) in [4.78, 5) is 63.0. The maximum Gasteiger partial charge on any atom is 0.302 e. The van der Waals surface area contributed by atoms with E-state index in [2.05, 4.69) is 22.6 Å². The van der Waals surface area contributed by atoms with Gasteiger partial charge in [0.1, 0.15) is 23.3 Å². The quantitative estimate of drug-likeness (QED) is 0.263. The van der Waals surface area contributed by atoms with Crippen LogP contribution < -0.4 is 15.4 Å². The summed E-state index contributed by atoms with van der Waals surface area (Å²) in [6.07, 6.45) is 9.42. The second kappa shape index (κ2) is 18.3. The fourth-order valence-corrected chi connectivity index (χ4v) is 9.23. The number of ketones is 2. The van der Waals surface area contributed by atoms with E-state index in [1.165, 1.54) is 14.0 Å². The van der Waals surface area contributed by atoms with Crippen molar-refractivity contribution in [3.63, 3.8) is 0 Å². The number of hydrogen-bond acceptors (Lipinski definition) is 11. The number of fused-ring (bicyclic) bond motifs is 4. The number of hydrogen-bond donors (Lipinski definition) is 4. The van der Waals surface area contributed by atoms with Gasteiger partial charge in [-0.15, -0.1) is 0 Å². The third-order valence-corrected chi connectivity index (χ3v) is 12.5. The lowest BCUT2D eigenvalue weighted by Gasteiger charge is -2.35. The summed E-state index contributed by atoms with van der Waals surface area (Å²) in [6.45, 7) is 13.4. The molecule has 12 nitrogen and oxygen atoms in total. The first-order valence-corrected chi connectivity index (χ1v) is 20.4. The van der Waals surface area contributed by atoms with Gasteiger partial charge < -0.3 is 35.2 Å². The Morgan fingerprint density at radius 1 is 0.946 bits per heavy atom. The first-order chi connectivity index (χ1) is 26.6. The Morgan fingerprint density at radius 2 is 1.64 bits per heavy atom. The molecule has 4 N–H and O–H groups in total. The van der Waals surface area contributed by atoms with Crippen LogP contribution in [0.5, 0.6) is 11.5 Å². The van der Waals surface area contributed by atoms with Crippen LogP contribution in [0.25, 0.3) is 0 Å². The number of esters is 1. The van der Waals surface area contributed by atoms with Crippen molar-refractivity contribution in [1.29, 1.82) is 0 Å². The number of aliphatic imine (C=N–C) groups is 1. The molecule has 0 spiro atoms. The fourth-order valence-electron chi connectivity index (χ4n) is 9.23. The van der Waals surface area contributed by atoms with Crippen LogP contribution in [0.2, 0.25) is 0 Å². The molecule has 1 fully saturated rings. The number of allylic oxidation sites excluding steroid dienone is 5. The number of amides is 1. The zero-order valence-corrected chi connectivity index (χ0v) is 34.7. The average Bonchev–Trinajstić information content (AvgIpc) is 3.48. The molecule has 4 aliphatic rings. The number of aliphatic hydroxyl groups excluding tert-OH is 1. The van der Waals surface area contributed by atoms with Crippen molar-refractivity contribution in [3.8, 4) is 11.5 Å². The average molecular weight is 775 g/mol. The van der Waals surface area contributed by atoms with Crippen molar-refractivity contribution in [2.75, 3.05) is 27.2 Å². The number of phenols is 1. The predicted molar refractivity (Wildman–Crippen MR) is 216 cm³/mol. The summed E-state index contributed by atoms with van der Waals surface area (Å²) in [7, 11) is 3.57. The number of phenolic OH excluding ortho intramolecular Hbond substituents is 1. The lowest BCUT2D eigenvalue weighted by Crippen LogP contribution is -2.41. The lowest BCUT2D eigenvalue weighted by molar-refractivity contribution is -0.156. The predicted octanol–water partition coefficient (Wildman–Crippen LogP) is 5.96. The van der Waals surface area contributed by atoms with E-state index in [1.54, 1.807) is 26.0 Å². The number of aliphatic hydroxyl groups is 1. The van der Waals surface area contributed by atoms with Gasteiger partial charge in [0.25, 0.3) is 5.91 Å². The Morgan fingerprint density at radius 3 is 2.32 bits per heavy atom. The van der Waals surface area contributed by atoms with Crippen LogP contribution in [0.3, 0.4) is 0 Å². The van der Waals surface area contributed by atoms with Crippen LogP contribution in [0.4, 0.5) is 0 Å². The zero-order valence-electron chi connectivity index (χ0n) is 34.7. The molecule has 1 amide bonds. The highest BCUT2D eigenvalue weighted by Crippen LogP contribution is 2.44. The topological polar surface area (TPSA) is 167 Å². The van der Waals surface area contributed by atoms with Crippen LogP contribution in [0, 0.1) is 30.6 Å². The van der Waals surface area contributed by atoms with E-state index in [0.717, 1.165) is 25.7 Å². The molecule has 1 aromatic rings. The molecule has 5 rings (SSSR count). The van der Waals surface area contributed by atoms with Crippen LogP contribution in [0.1, 0.15) is 125 Å². The first kappa shape index (κ1) is 42.8. The minimum absolute atomic E-state index is 0.0354. The minimum atomic E-state index is -0.758. The maximum absolute atomic E-state index is 14.7. The standard InChI is InChI=1S/C44H62N4O8/c1-23-12-10-14-25(3)44(54)47-38-37-36(45-20-18-30-16-17-31(48(30)8)19-21-46-37)34-33(43(55-9)28(6)40(52)35(34)41(38)53)32(50)15-11-13-24(2)42(56-29(7)49)27(5)39(51)26(4)22-23/h10,12,14,23-24,26-27,30-31,39,42,46,51-52H,11,13,15-22H2,1-9H3,(H,47,54)/b12-10+,25-14-,45-36-/t23-,24+,26+,27+,30?,31-,39+,42+/m0/s1. The number of methoxy groups -OCH3 is 1. The first-order valence-electron chi connectivity index (χ1n) is 20.4. The summed E-state index contributed by atoms with van der Waals surface area (Å²) in [5, 5.41) is 29.5. The van der Waals surface area contributed by atoms with Crippen molar-refractivity contribution in [2.45, 2.75) is 124 Å². The fraction of sp³-hybridized carbons (Fsp3) is 0.614. The van der Waals surface area contributed by atoms with Gasteiger partial charge in [-0.25, -0.2) is 0 Å². The molecular weight excluding hydrogens is 713 g/mol. The highest BCUT2D eigenvalue weighted by molar-refractivity contribution is 6.33. The Bertz CT molecular complexity index is 1830. The minimum Gasteiger partial charge on any atom is -0.507 e. The van der Waals surface area contributed by atoms with Gasteiger partial charge in [0.2, 0.25) is 5.78 Å². The van der Waals surface area contributed by atoms with Crippen LogP contribution >= 0.6 is 0 Å². The van der Waals surface area contributed by atoms with Gasteiger partial charge in [0.15, 0.2) is 5.78 Å². The number of carbonyl (C=O) groups excluding carboxylic acids is 4. The monoisotopic (exact) mass is 774 g/mol. The summed E-state index contributed by atoms with van der Waals surface area (Å²) >= 11 is 0. The Kier molecular flexibility index (Phi) is 14.0. The summed E-state index contributed by atoms with van der Waals surface area (Å²) < 4.78 is 11.7. The molecule has 1 aromatic carbocycles. The van der Waals surface area contributed by atoms with Crippen molar-refractivity contribution < 1.29 is 38.9 Å². The van der Waals surface area contributed by atoms with E-state index in [4.69, 9.17) is 14.5 Å². The number of Topliss-reactive ketones (excluding diaryl/α,β-unsaturated/α-hetero) is 2. The Hall–Kier alpha value is -4.29. The Labute approximate surface area is 331 Å². The van der Waals surface area contributed by atoms with Gasteiger partial charge in [-0.3, -0.25) is 24.2 Å². The van der Waals surface area contributed by atoms with Crippen molar-refractivity contribution in [2.24, 2.45) is 28.7 Å². The van der Waals surface area contributed by atoms with E-state index in [0.29, 0.717) is 61.4 Å². The molecule has 12 heteroatoms. The SMILES string of the molecule is COc1c(C)c(O)c2c3c1C(=O)CCC[C@@H](C)[C@@H](OC(C)=O)[C@H](C)[C@H](O)[C@H](C)C[C@@H](C)/C=C/C=C(/C)C(=O)NC(=C1NCC[C@@H]4CCC(CC/N=C\13)N4C)C2=O. The largest absolute Gasteiger partial charge is 0.507 e. The number of ether oxygens (including phenoxy) is 2. The molecule has 8 atom stereocenters.